The van der Waals surface area contributed by atoms with E-state index in [2.05, 4.69) is 4.98 Å². The zero-order valence-electron chi connectivity index (χ0n) is 9.05. The molecule has 0 saturated carbocycles. The van der Waals surface area contributed by atoms with E-state index in [1.54, 1.807) is 18.0 Å². The van der Waals surface area contributed by atoms with E-state index in [1.165, 1.54) is 0 Å². The predicted molar refractivity (Wildman–Crippen MR) is 68.6 cm³/mol. The third-order valence-electron chi connectivity index (χ3n) is 2.31. The number of pyridine rings is 1. The molecule has 1 aromatic heterocycles. The van der Waals surface area contributed by atoms with Gasteiger partial charge in [0.05, 0.1) is 12.1 Å². The smallest absolute Gasteiger partial charge is 0.0733 e. The molecule has 0 bridgehead atoms. The molecule has 0 aliphatic heterocycles. The van der Waals surface area contributed by atoms with Crippen molar-refractivity contribution >= 4 is 28.4 Å². The maximum atomic E-state index is 9.06. The van der Waals surface area contributed by atoms with E-state index in [0.717, 1.165) is 21.5 Å². The molecule has 0 amide bonds. The third kappa shape index (κ3) is 2.28. The van der Waals surface area contributed by atoms with Crippen LogP contribution in [0.25, 0.3) is 10.9 Å². The normalized spacial score (nSPS) is 12.9. The predicted octanol–water partition coefficient (Wildman–Crippen LogP) is 2.29. The quantitative estimate of drug-likeness (QED) is 0.632. The topological polar surface area (TPSA) is 59.1 Å². The monoisotopic (exact) mass is 234 g/mol. The number of thioether (sulfide) groups is 1. The average molecular weight is 234 g/mol. The summed E-state index contributed by atoms with van der Waals surface area (Å²) in [5.41, 5.74) is 7.33. The third-order valence-corrected chi connectivity index (χ3v) is 3.47. The van der Waals surface area contributed by atoms with E-state index in [4.69, 9.17) is 10.8 Å². The van der Waals surface area contributed by atoms with Crippen LogP contribution in [0.15, 0.2) is 35.4 Å². The van der Waals surface area contributed by atoms with E-state index in [1.807, 2.05) is 31.2 Å². The summed E-state index contributed by atoms with van der Waals surface area (Å²) in [6.07, 6.45) is 1.77. The highest BCUT2D eigenvalue weighted by Gasteiger charge is 2.07. The molecule has 3 nitrogen and oxygen atoms in total. The molecule has 2 aromatic rings. The molecule has 4 heteroatoms. The molecule has 0 radical (unpaired) electrons. The molecular weight excluding hydrogens is 220 g/mol. The number of hydrogen-bond donors (Lipinski definition) is 2. The van der Waals surface area contributed by atoms with Crippen molar-refractivity contribution in [3.63, 3.8) is 0 Å². The summed E-state index contributed by atoms with van der Waals surface area (Å²) in [6.45, 7) is 2.16. The second-order valence-electron chi connectivity index (χ2n) is 3.70. The summed E-state index contributed by atoms with van der Waals surface area (Å²) in [5, 5.41) is 10.3. The van der Waals surface area contributed by atoms with Crippen LogP contribution in [0.5, 0.6) is 0 Å². The molecule has 84 valence electrons. The van der Waals surface area contributed by atoms with Crippen LogP contribution in [0, 0.1) is 0 Å². The van der Waals surface area contributed by atoms with Crippen molar-refractivity contribution in [1.29, 1.82) is 0 Å². The summed E-state index contributed by atoms with van der Waals surface area (Å²) < 4.78 is 0. The van der Waals surface area contributed by atoms with Crippen molar-refractivity contribution in [3.05, 3.63) is 30.5 Å². The zero-order chi connectivity index (χ0) is 11.5. The SMILES string of the molecule is CC(CO)Sc1ccnc2cc(N)ccc12. The van der Waals surface area contributed by atoms with Crippen molar-refractivity contribution in [1.82, 2.24) is 4.98 Å². The Labute approximate surface area is 98.7 Å². The largest absolute Gasteiger partial charge is 0.399 e. The Morgan fingerprint density at radius 3 is 3.00 bits per heavy atom. The molecule has 2 rings (SSSR count). The lowest BCUT2D eigenvalue weighted by Gasteiger charge is -2.10. The maximum absolute atomic E-state index is 9.06. The van der Waals surface area contributed by atoms with Crippen LogP contribution in [0.2, 0.25) is 0 Å². The number of benzene rings is 1. The number of fused-ring (bicyclic) bond motifs is 1. The summed E-state index contributed by atoms with van der Waals surface area (Å²) >= 11 is 1.65. The molecule has 0 saturated heterocycles. The number of hydrogen-bond acceptors (Lipinski definition) is 4. The number of anilines is 1. The molecule has 0 fully saturated rings. The van der Waals surface area contributed by atoms with Crippen molar-refractivity contribution in [2.45, 2.75) is 17.1 Å². The van der Waals surface area contributed by atoms with Crippen LogP contribution in [0.3, 0.4) is 0 Å². The van der Waals surface area contributed by atoms with E-state index in [-0.39, 0.29) is 11.9 Å². The number of aromatic nitrogens is 1. The minimum absolute atomic E-state index is 0.170. The van der Waals surface area contributed by atoms with Crippen LogP contribution >= 0.6 is 11.8 Å². The van der Waals surface area contributed by atoms with Crippen molar-refractivity contribution in [2.24, 2.45) is 0 Å². The minimum Gasteiger partial charge on any atom is -0.399 e. The molecule has 0 spiro atoms. The van der Waals surface area contributed by atoms with Gasteiger partial charge in [-0.15, -0.1) is 11.8 Å². The van der Waals surface area contributed by atoms with Gasteiger partial charge in [0.25, 0.3) is 0 Å². The Hall–Kier alpha value is -1.26. The first-order valence-corrected chi connectivity index (χ1v) is 6.00. The average Bonchev–Trinajstić information content (AvgIpc) is 2.28. The number of nitrogens with zero attached hydrogens (tertiary/aromatic N) is 1. The van der Waals surface area contributed by atoms with Gasteiger partial charge in [-0.3, -0.25) is 4.98 Å². The molecule has 0 aliphatic rings. The molecular formula is C12H14N2OS. The molecule has 16 heavy (non-hydrogen) atoms. The molecule has 1 aromatic carbocycles. The number of nitrogen functional groups attached to an aromatic ring is 1. The van der Waals surface area contributed by atoms with Crippen molar-refractivity contribution in [2.75, 3.05) is 12.3 Å². The second kappa shape index (κ2) is 4.72. The van der Waals surface area contributed by atoms with Gasteiger partial charge in [0.15, 0.2) is 0 Å². The van der Waals surface area contributed by atoms with Crippen LogP contribution in [0.1, 0.15) is 6.92 Å². The lowest BCUT2D eigenvalue weighted by molar-refractivity contribution is 0.300. The van der Waals surface area contributed by atoms with Crippen molar-refractivity contribution in [3.8, 4) is 0 Å². The molecule has 0 aliphatic carbocycles. The van der Waals surface area contributed by atoms with Gasteiger partial charge in [-0.05, 0) is 24.3 Å². The van der Waals surface area contributed by atoms with Gasteiger partial charge in [-0.2, -0.15) is 0 Å². The van der Waals surface area contributed by atoms with Gasteiger partial charge in [0.2, 0.25) is 0 Å². The molecule has 3 N–H and O–H groups in total. The Morgan fingerprint density at radius 2 is 2.25 bits per heavy atom. The van der Waals surface area contributed by atoms with E-state index in [0.29, 0.717) is 0 Å². The molecule has 1 heterocycles. The van der Waals surface area contributed by atoms with Gasteiger partial charge < -0.3 is 10.8 Å². The van der Waals surface area contributed by atoms with Crippen LogP contribution in [-0.4, -0.2) is 21.9 Å². The number of rotatable bonds is 3. The van der Waals surface area contributed by atoms with E-state index in [9.17, 15) is 0 Å². The molecule has 1 unspecified atom stereocenters. The summed E-state index contributed by atoms with van der Waals surface area (Å²) in [5.74, 6) is 0. The van der Waals surface area contributed by atoms with Gasteiger partial charge >= 0.3 is 0 Å². The fourth-order valence-corrected chi connectivity index (χ4v) is 2.44. The second-order valence-corrected chi connectivity index (χ2v) is 5.18. The van der Waals surface area contributed by atoms with E-state index < -0.39 is 0 Å². The first-order valence-electron chi connectivity index (χ1n) is 5.12. The van der Waals surface area contributed by atoms with Crippen LogP contribution in [-0.2, 0) is 0 Å². The highest BCUT2D eigenvalue weighted by Crippen LogP contribution is 2.30. The molecule has 1 atom stereocenters. The minimum atomic E-state index is 0.170. The summed E-state index contributed by atoms with van der Waals surface area (Å²) in [4.78, 5) is 5.41. The van der Waals surface area contributed by atoms with Crippen LogP contribution in [0.4, 0.5) is 5.69 Å². The Balaban J connectivity index is 2.45. The number of aliphatic hydroxyl groups is 1. The highest BCUT2D eigenvalue weighted by atomic mass is 32.2. The van der Waals surface area contributed by atoms with Crippen LogP contribution < -0.4 is 5.73 Å². The fourth-order valence-electron chi connectivity index (χ4n) is 1.50. The summed E-state index contributed by atoms with van der Waals surface area (Å²) in [6, 6.07) is 7.68. The maximum Gasteiger partial charge on any atom is 0.0733 e. The number of nitrogens with two attached hydrogens (primary N) is 1. The van der Waals surface area contributed by atoms with Crippen molar-refractivity contribution < 1.29 is 5.11 Å². The number of aliphatic hydroxyl groups excluding tert-OH is 1. The van der Waals surface area contributed by atoms with Gasteiger partial charge in [0, 0.05) is 27.4 Å². The van der Waals surface area contributed by atoms with Gasteiger partial charge in [0.1, 0.15) is 0 Å². The first-order chi connectivity index (χ1) is 7.70. The fraction of sp³-hybridized carbons (Fsp3) is 0.250. The van der Waals surface area contributed by atoms with Gasteiger partial charge in [-0.1, -0.05) is 6.92 Å². The Kier molecular flexibility index (Phi) is 3.31. The highest BCUT2D eigenvalue weighted by molar-refractivity contribution is 8.00. The Bertz CT molecular complexity index is 501. The first kappa shape index (κ1) is 11.2. The van der Waals surface area contributed by atoms with E-state index >= 15 is 0 Å². The lowest BCUT2D eigenvalue weighted by Crippen LogP contribution is -2.01. The zero-order valence-corrected chi connectivity index (χ0v) is 9.87. The lowest BCUT2D eigenvalue weighted by atomic mass is 10.2. The Morgan fingerprint density at radius 1 is 1.44 bits per heavy atom. The summed E-state index contributed by atoms with van der Waals surface area (Å²) in [7, 11) is 0. The standard InChI is InChI=1S/C12H14N2OS/c1-8(7-15)16-12-4-5-14-11-6-9(13)2-3-10(11)12/h2-6,8,15H,7,13H2,1H3. The van der Waals surface area contributed by atoms with Gasteiger partial charge in [-0.25, -0.2) is 0 Å².